The summed E-state index contributed by atoms with van der Waals surface area (Å²) in [6.45, 7) is 3.55. The number of imide groups is 1. The van der Waals surface area contributed by atoms with E-state index in [1.54, 1.807) is 0 Å². The number of amides is 3. The third-order valence-corrected chi connectivity index (χ3v) is 6.64. The third-order valence-electron chi connectivity index (χ3n) is 6.64. The van der Waals surface area contributed by atoms with Crippen LogP contribution in [0.1, 0.15) is 58.8 Å². The summed E-state index contributed by atoms with van der Waals surface area (Å²) in [6.07, 6.45) is 6.49. The van der Waals surface area contributed by atoms with Crippen LogP contribution in [0.15, 0.2) is 0 Å². The second kappa shape index (κ2) is 8.40. The van der Waals surface area contributed by atoms with Crippen molar-refractivity contribution in [2.75, 3.05) is 13.2 Å². The zero-order chi connectivity index (χ0) is 19.6. The van der Waals surface area contributed by atoms with E-state index in [1.165, 1.54) is 6.42 Å². The fourth-order valence-electron chi connectivity index (χ4n) is 4.74. The van der Waals surface area contributed by atoms with Crippen LogP contribution in [-0.2, 0) is 23.9 Å². The molecule has 0 aromatic heterocycles. The second-order valence-electron chi connectivity index (χ2n) is 8.36. The zero-order valence-corrected chi connectivity index (χ0v) is 16.2. The SMILES string of the molecule is C[C@@H]1[C@H](C)CCC[C@@H]1NC(=O)COC(=O)CN1C(=O)[C@@H]2CCCC[C@H]2C1=O. The van der Waals surface area contributed by atoms with Gasteiger partial charge < -0.3 is 10.1 Å². The number of ether oxygens (including phenoxy) is 1. The molecule has 0 unspecified atom stereocenters. The molecule has 0 aromatic rings. The molecule has 27 heavy (non-hydrogen) atoms. The van der Waals surface area contributed by atoms with E-state index in [9.17, 15) is 19.2 Å². The molecule has 3 amide bonds. The van der Waals surface area contributed by atoms with E-state index < -0.39 is 12.5 Å². The third kappa shape index (κ3) is 4.33. The molecule has 2 aliphatic carbocycles. The predicted molar refractivity (Wildman–Crippen MR) is 97.2 cm³/mol. The van der Waals surface area contributed by atoms with Crippen molar-refractivity contribution in [3.63, 3.8) is 0 Å². The highest BCUT2D eigenvalue weighted by Gasteiger charge is 2.48. The van der Waals surface area contributed by atoms with E-state index in [2.05, 4.69) is 19.2 Å². The molecule has 1 N–H and O–H groups in total. The molecule has 7 heteroatoms. The van der Waals surface area contributed by atoms with Gasteiger partial charge in [0.05, 0.1) is 11.8 Å². The van der Waals surface area contributed by atoms with Crippen molar-refractivity contribution in [1.82, 2.24) is 10.2 Å². The first-order valence-electron chi connectivity index (χ1n) is 10.2. The number of rotatable bonds is 5. The number of fused-ring (bicyclic) bond motifs is 1. The summed E-state index contributed by atoms with van der Waals surface area (Å²) in [6, 6.07) is 0.102. The first-order valence-corrected chi connectivity index (χ1v) is 10.2. The van der Waals surface area contributed by atoms with Crippen molar-refractivity contribution in [3.05, 3.63) is 0 Å². The quantitative estimate of drug-likeness (QED) is 0.580. The van der Waals surface area contributed by atoms with Crippen LogP contribution in [0.3, 0.4) is 0 Å². The molecule has 150 valence electrons. The maximum Gasteiger partial charge on any atom is 0.326 e. The van der Waals surface area contributed by atoms with Gasteiger partial charge in [-0.25, -0.2) is 0 Å². The Labute approximate surface area is 160 Å². The summed E-state index contributed by atoms with van der Waals surface area (Å²) >= 11 is 0. The maximum atomic E-state index is 12.4. The van der Waals surface area contributed by atoms with E-state index in [4.69, 9.17) is 4.74 Å². The van der Waals surface area contributed by atoms with E-state index in [-0.39, 0.29) is 42.2 Å². The molecule has 7 nitrogen and oxygen atoms in total. The summed E-state index contributed by atoms with van der Waals surface area (Å²) in [4.78, 5) is 49.9. The average molecular weight is 378 g/mol. The number of nitrogens with zero attached hydrogens (tertiary/aromatic N) is 1. The summed E-state index contributed by atoms with van der Waals surface area (Å²) in [7, 11) is 0. The smallest absolute Gasteiger partial charge is 0.326 e. The maximum absolute atomic E-state index is 12.4. The predicted octanol–water partition coefficient (Wildman–Crippen LogP) is 1.65. The van der Waals surface area contributed by atoms with Gasteiger partial charge in [-0.15, -0.1) is 0 Å². The monoisotopic (exact) mass is 378 g/mol. The minimum absolute atomic E-state index is 0.102. The molecular weight excluding hydrogens is 348 g/mol. The van der Waals surface area contributed by atoms with Crippen LogP contribution in [0.25, 0.3) is 0 Å². The van der Waals surface area contributed by atoms with Gasteiger partial charge >= 0.3 is 5.97 Å². The summed E-state index contributed by atoms with van der Waals surface area (Å²) < 4.78 is 5.02. The van der Waals surface area contributed by atoms with Crippen LogP contribution in [0, 0.1) is 23.7 Å². The molecule has 3 fully saturated rings. The first kappa shape index (κ1) is 19.8. The molecule has 1 heterocycles. The van der Waals surface area contributed by atoms with Gasteiger partial charge in [0.15, 0.2) is 6.61 Å². The standard InChI is InChI=1S/C20H30N2O5/c1-12-6-5-9-16(13(12)2)21-17(23)11-27-18(24)10-22-19(25)14-7-3-4-8-15(14)20(22)26/h12-16H,3-11H2,1-2H3,(H,21,23)/t12-,13-,14-,15-,16+/m1/s1. The van der Waals surface area contributed by atoms with Gasteiger partial charge in [-0.2, -0.15) is 0 Å². The van der Waals surface area contributed by atoms with Gasteiger partial charge in [0.25, 0.3) is 5.91 Å². The van der Waals surface area contributed by atoms with E-state index >= 15 is 0 Å². The van der Waals surface area contributed by atoms with Crippen LogP contribution in [0.4, 0.5) is 0 Å². The van der Waals surface area contributed by atoms with Gasteiger partial charge in [-0.1, -0.05) is 39.5 Å². The number of hydrogen-bond donors (Lipinski definition) is 1. The first-order chi connectivity index (χ1) is 12.9. The summed E-state index contributed by atoms with van der Waals surface area (Å²) in [5.74, 6) is -1.19. The Morgan fingerprint density at radius 2 is 1.63 bits per heavy atom. The van der Waals surface area contributed by atoms with Gasteiger partial charge in [0.2, 0.25) is 11.8 Å². The Morgan fingerprint density at radius 1 is 1.00 bits per heavy atom. The number of esters is 1. The molecule has 1 saturated heterocycles. The van der Waals surface area contributed by atoms with Crippen molar-refractivity contribution < 1.29 is 23.9 Å². The number of hydrogen-bond acceptors (Lipinski definition) is 5. The topological polar surface area (TPSA) is 92.8 Å². The second-order valence-corrected chi connectivity index (χ2v) is 8.36. The molecule has 5 atom stereocenters. The number of likely N-dealkylation sites (tertiary alicyclic amines) is 1. The minimum Gasteiger partial charge on any atom is -0.454 e. The number of nitrogens with one attached hydrogen (secondary N) is 1. The van der Waals surface area contributed by atoms with Crippen molar-refractivity contribution in [2.24, 2.45) is 23.7 Å². The molecule has 1 aliphatic heterocycles. The van der Waals surface area contributed by atoms with Crippen LogP contribution < -0.4 is 5.32 Å². The molecule has 3 rings (SSSR count). The lowest BCUT2D eigenvalue weighted by atomic mass is 9.78. The van der Waals surface area contributed by atoms with Crippen LogP contribution in [0.2, 0.25) is 0 Å². The zero-order valence-electron chi connectivity index (χ0n) is 16.2. The van der Waals surface area contributed by atoms with Crippen LogP contribution in [0.5, 0.6) is 0 Å². The van der Waals surface area contributed by atoms with Gasteiger partial charge in [0, 0.05) is 6.04 Å². The summed E-state index contributed by atoms with van der Waals surface area (Å²) in [5.41, 5.74) is 0. The van der Waals surface area contributed by atoms with Gasteiger partial charge in [-0.3, -0.25) is 24.1 Å². The van der Waals surface area contributed by atoms with E-state index in [1.807, 2.05) is 0 Å². The number of carbonyl (C=O) groups excluding carboxylic acids is 4. The fourth-order valence-corrected chi connectivity index (χ4v) is 4.74. The largest absolute Gasteiger partial charge is 0.454 e. The van der Waals surface area contributed by atoms with Crippen molar-refractivity contribution in [3.8, 4) is 0 Å². The van der Waals surface area contributed by atoms with Crippen molar-refractivity contribution in [2.45, 2.75) is 64.8 Å². The Morgan fingerprint density at radius 3 is 2.26 bits per heavy atom. The summed E-state index contributed by atoms with van der Waals surface area (Å²) in [5, 5.41) is 2.94. The van der Waals surface area contributed by atoms with E-state index in [0.717, 1.165) is 30.6 Å². The van der Waals surface area contributed by atoms with Gasteiger partial charge in [-0.05, 0) is 31.1 Å². The lowest BCUT2D eigenvalue weighted by Gasteiger charge is -2.34. The lowest BCUT2D eigenvalue weighted by molar-refractivity contribution is -0.155. The molecule has 2 saturated carbocycles. The van der Waals surface area contributed by atoms with Crippen LogP contribution >= 0.6 is 0 Å². The highest BCUT2D eigenvalue weighted by Crippen LogP contribution is 2.37. The molecule has 0 bridgehead atoms. The normalized spacial score (nSPS) is 33.6. The molecule has 0 radical (unpaired) electrons. The molecule has 0 aromatic carbocycles. The van der Waals surface area contributed by atoms with Gasteiger partial charge in [0.1, 0.15) is 6.54 Å². The molecule has 0 spiro atoms. The van der Waals surface area contributed by atoms with Crippen molar-refractivity contribution >= 4 is 23.7 Å². The Kier molecular flexibility index (Phi) is 6.17. The number of carbonyl (C=O) groups is 4. The molecular formula is C20H30N2O5. The van der Waals surface area contributed by atoms with E-state index in [0.29, 0.717) is 24.7 Å². The Hall–Kier alpha value is -1.92. The highest BCUT2D eigenvalue weighted by molar-refractivity contribution is 6.07. The molecule has 3 aliphatic rings. The Bertz CT molecular complexity index is 595. The van der Waals surface area contributed by atoms with Crippen LogP contribution in [-0.4, -0.2) is 47.8 Å². The average Bonchev–Trinajstić information content (AvgIpc) is 2.89. The van der Waals surface area contributed by atoms with Crippen molar-refractivity contribution in [1.29, 1.82) is 0 Å². The lowest BCUT2D eigenvalue weighted by Crippen LogP contribution is -2.45. The Balaban J connectivity index is 1.45. The fraction of sp³-hybridized carbons (Fsp3) is 0.800. The highest BCUT2D eigenvalue weighted by atomic mass is 16.5. The minimum atomic E-state index is -0.712.